The first-order valence-corrected chi connectivity index (χ1v) is 6.18. The number of nitrogens with two attached hydrogens (primary N) is 2. The van der Waals surface area contributed by atoms with Crippen LogP contribution in [0.15, 0.2) is 41.5 Å². The lowest BCUT2D eigenvalue weighted by Crippen LogP contribution is -2.33. The topological polar surface area (TPSA) is 116 Å². The molecule has 2 heterocycles. The smallest absolute Gasteiger partial charge is 0.281 e. The molecule has 0 aliphatic heterocycles. The normalized spacial score (nSPS) is 12.0. The minimum absolute atomic E-state index is 0. The molecule has 1 atom stereocenters. The van der Waals surface area contributed by atoms with Crippen molar-refractivity contribution in [1.29, 1.82) is 0 Å². The van der Waals surface area contributed by atoms with E-state index in [-0.39, 0.29) is 36.5 Å². The maximum Gasteiger partial charge on any atom is 0.281 e. The van der Waals surface area contributed by atoms with Crippen molar-refractivity contribution in [1.82, 2.24) is 19.5 Å². The molecule has 3 rings (SSSR count). The maximum absolute atomic E-state index is 12.5. The van der Waals surface area contributed by atoms with Crippen LogP contribution >= 0.6 is 12.4 Å². The van der Waals surface area contributed by atoms with Gasteiger partial charge >= 0.3 is 0 Å². The van der Waals surface area contributed by atoms with Crippen molar-refractivity contribution < 1.29 is 0 Å². The van der Waals surface area contributed by atoms with E-state index in [0.717, 1.165) is 5.56 Å². The summed E-state index contributed by atoms with van der Waals surface area (Å²) in [6.07, 6.45) is 1.42. The van der Waals surface area contributed by atoms with Gasteiger partial charge in [0.25, 0.3) is 5.56 Å². The van der Waals surface area contributed by atoms with Crippen LogP contribution in [0.5, 0.6) is 0 Å². The van der Waals surface area contributed by atoms with Crippen molar-refractivity contribution in [3.8, 4) is 0 Å². The number of nitrogens with zero attached hydrogens (tertiary/aromatic N) is 3. The van der Waals surface area contributed by atoms with Crippen molar-refractivity contribution >= 4 is 29.5 Å². The number of aromatic amines is 1. The fourth-order valence-corrected chi connectivity index (χ4v) is 2.28. The molecule has 3 aromatic rings. The largest absolute Gasteiger partial charge is 0.369 e. The summed E-state index contributed by atoms with van der Waals surface area (Å²) in [5.41, 5.74) is 13.0. The molecule has 5 N–H and O–H groups in total. The van der Waals surface area contributed by atoms with Gasteiger partial charge in [-0.05, 0) is 5.56 Å². The van der Waals surface area contributed by atoms with Gasteiger partial charge in [-0.25, -0.2) is 4.98 Å². The minimum atomic E-state index is -0.358. The average molecular weight is 307 g/mol. The highest BCUT2D eigenvalue weighted by atomic mass is 35.5. The average Bonchev–Trinajstić information content (AvgIpc) is 2.92. The van der Waals surface area contributed by atoms with E-state index in [1.165, 1.54) is 10.9 Å². The second-order valence-corrected chi connectivity index (χ2v) is 4.41. The Hall–Kier alpha value is -2.38. The summed E-state index contributed by atoms with van der Waals surface area (Å²) in [6.45, 7) is 0.245. The molecule has 110 valence electrons. The molecule has 8 heteroatoms. The number of benzene rings is 1. The van der Waals surface area contributed by atoms with E-state index in [9.17, 15) is 4.79 Å². The number of hydrogen-bond acceptors (Lipinski definition) is 5. The second kappa shape index (κ2) is 5.94. The predicted molar refractivity (Wildman–Crippen MR) is 83.4 cm³/mol. The first kappa shape index (κ1) is 15.0. The summed E-state index contributed by atoms with van der Waals surface area (Å²) in [6, 6.07) is 9.13. The summed E-state index contributed by atoms with van der Waals surface area (Å²) in [7, 11) is 0. The van der Waals surface area contributed by atoms with Gasteiger partial charge in [-0.3, -0.25) is 9.36 Å². The van der Waals surface area contributed by atoms with Gasteiger partial charge in [0.1, 0.15) is 0 Å². The Morgan fingerprint density at radius 2 is 2.00 bits per heavy atom. The Balaban J connectivity index is 0.00000161. The molecule has 0 amide bonds. The van der Waals surface area contributed by atoms with Crippen LogP contribution in [0.3, 0.4) is 0 Å². The van der Waals surface area contributed by atoms with Gasteiger partial charge in [0.2, 0.25) is 5.95 Å². The van der Waals surface area contributed by atoms with Crippen LogP contribution in [0.4, 0.5) is 5.95 Å². The maximum atomic E-state index is 12.5. The van der Waals surface area contributed by atoms with E-state index in [2.05, 4.69) is 15.0 Å². The number of imidazole rings is 1. The molecule has 0 saturated heterocycles. The van der Waals surface area contributed by atoms with Crippen molar-refractivity contribution in [2.45, 2.75) is 6.04 Å². The fourth-order valence-electron chi connectivity index (χ4n) is 2.28. The van der Waals surface area contributed by atoms with Gasteiger partial charge < -0.3 is 16.5 Å². The number of fused-ring (bicyclic) bond motifs is 1. The lowest BCUT2D eigenvalue weighted by Gasteiger charge is -2.19. The Bertz CT molecular complexity index is 797. The molecule has 0 saturated carbocycles. The number of nitrogen functional groups attached to an aromatic ring is 1. The lowest BCUT2D eigenvalue weighted by atomic mass is 10.1. The zero-order valence-corrected chi connectivity index (χ0v) is 11.9. The number of H-pyrrole nitrogens is 1. The number of aromatic nitrogens is 4. The van der Waals surface area contributed by atoms with Crippen LogP contribution in [0.25, 0.3) is 11.2 Å². The summed E-state index contributed by atoms with van der Waals surface area (Å²) in [4.78, 5) is 23.4. The predicted octanol–water partition coefficient (Wildman–Crippen LogP) is 0.672. The molecule has 21 heavy (non-hydrogen) atoms. The minimum Gasteiger partial charge on any atom is -0.369 e. The zero-order chi connectivity index (χ0) is 14.1. The molecule has 1 aromatic carbocycles. The number of halogens is 1. The van der Waals surface area contributed by atoms with Gasteiger partial charge in [0, 0.05) is 6.54 Å². The van der Waals surface area contributed by atoms with E-state index >= 15 is 0 Å². The standard InChI is InChI=1S/C13H14N6O.ClH/c14-6-9(8-4-2-1-3-5-8)19-12(20)10-11(17-7-16-10)18-13(19)15;/h1-5,7,9H,6,14H2,(H2,15,18)(H,16,17);1H. The number of anilines is 1. The van der Waals surface area contributed by atoms with E-state index in [4.69, 9.17) is 11.5 Å². The molecule has 0 spiro atoms. The molecule has 0 aliphatic carbocycles. The van der Waals surface area contributed by atoms with Gasteiger partial charge in [0.05, 0.1) is 12.4 Å². The van der Waals surface area contributed by atoms with Crippen molar-refractivity contribution in [3.63, 3.8) is 0 Å². The molecule has 2 aromatic heterocycles. The number of nitrogens with one attached hydrogen (secondary N) is 1. The van der Waals surface area contributed by atoms with Gasteiger partial charge in [-0.2, -0.15) is 4.98 Å². The van der Waals surface area contributed by atoms with Crippen LogP contribution in [-0.2, 0) is 0 Å². The third-order valence-electron chi connectivity index (χ3n) is 3.24. The molecule has 7 nitrogen and oxygen atoms in total. The van der Waals surface area contributed by atoms with E-state index in [1.54, 1.807) is 0 Å². The summed E-state index contributed by atoms with van der Waals surface area (Å²) >= 11 is 0. The molecular weight excluding hydrogens is 292 g/mol. The Morgan fingerprint density at radius 3 is 2.67 bits per heavy atom. The first-order valence-electron chi connectivity index (χ1n) is 6.18. The summed E-state index contributed by atoms with van der Waals surface area (Å²) in [5.74, 6) is 0.105. The molecule has 0 radical (unpaired) electrons. The van der Waals surface area contributed by atoms with Crippen LogP contribution in [0, 0.1) is 0 Å². The van der Waals surface area contributed by atoms with E-state index in [1.807, 2.05) is 30.3 Å². The van der Waals surface area contributed by atoms with Crippen molar-refractivity contribution in [2.24, 2.45) is 5.73 Å². The third-order valence-corrected chi connectivity index (χ3v) is 3.24. The second-order valence-electron chi connectivity index (χ2n) is 4.41. The Kier molecular flexibility index (Phi) is 4.25. The zero-order valence-electron chi connectivity index (χ0n) is 11.1. The molecule has 0 fully saturated rings. The number of rotatable bonds is 3. The monoisotopic (exact) mass is 306 g/mol. The lowest BCUT2D eigenvalue weighted by molar-refractivity contribution is 0.579. The highest BCUT2D eigenvalue weighted by Crippen LogP contribution is 2.18. The highest BCUT2D eigenvalue weighted by molar-refractivity contribution is 5.85. The Labute approximate surface area is 126 Å². The number of hydrogen-bond donors (Lipinski definition) is 3. The third kappa shape index (κ3) is 2.48. The molecule has 0 bridgehead atoms. The molecule has 0 aliphatic rings. The van der Waals surface area contributed by atoms with Crippen LogP contribution in [0.1, 0.15) is 11.6 Å². The quantitative estimate of drug-likeness (QED) is 0.658. The van der Waals surface area contributed by atoms with Crippen molar-refractivity contribution in [3.05, 3.63) is 52.6 Å². The van der Waals surface area contributed by atoms with Gasteiger partial charge in [-0.1, -0.05) is 30.3 Å². The van der Waals surface area contributed by atoms with Gasteiger partial charge in [0.15, 0.2) is 11.2 Å². The first-order chi connectivity index (χ1) is 9.72. The SMILES string of the molecule is Cl.NCC(c1ccccc1)n1c(N)nc2nc[nH]c2c1=O. The van der Waals surface area contributed by atoms with Crippen LogP contribution in [0.2, 0.25) is 0 Å². The fraction of sp³-hybridized carbons (Fsp3) is 0.154. The van der Waals surface area contributed by atoms with Gasteiger partial charge in [-0.15, -0.1) is 12.4 Å². The van der Waals surface area contributed by atoms with E-state index in [0.29, 0.717) is 11.2 Å². The molecular formula is C13H15ClN6O. The van der Waals surface area contributed by atoms with Crippen molar-refractivity contribution in [2.75, 3.05) is 12.3 Å². The summed E-state index contributed by atoms with van der Waals surface area (Å²) < 4.78 is 1.40. The molecule has 1 unspecified atom stereocenters. The summed E-state index contributed by atoms with van der Waals surface area (Å²) in [5, 5.41) is 0. The Morgan fingerprint density at radius 1 is 1.29 bits per heavy atom. The highest BCUT2D eigenvalue weighted by Gasteiger charge is 2.19. The van der Waals surface area contributed by atoms with Crippen LogP contribution < -0.4 is 17.0 Å². The van der Waals surface area contributed by atoms with Crippen LogP contribution in [-0.4, -0.2) is 26.1 Å². The van der Waals surface area contributed by atoms with E-state index < -0.39 is 0 Å².